The van der Waals surface area contributed by atoms with Gasteiger partial charge in [0.25, 0.3) is 0 Å². The van der Waals surface area contributed by atoms with Crippen LogP contribution in [0.3, 0.4) is 0 Å². The van der Waals surface area contributed by atoms with Crippen molar-refractivity contribution in [1.29, 1.82) is 0 Å². The SMILES string of the molecule is C[C@H]1CCC[C@@H]2C[C@@H]3OC[C@](O)(CO)[C@@]34O[C@H]4[C@@]21C. The molecule has 2 N–H and O–H groups in total. The first-order valence-corrected chi connectivity index (χ1v) is 7.61. The van der Waals surface area contributed by atoms with Gasteiger partial charge in [0.05, 0.1) is 25.4 Å². The maximum atomic E-state index is 10.7. The minimum absolute atomic E-state index is 0.0296. The van der Waals surface area contributed by atoms with Crippen molar-refractivity contribution in [2.45, 2.75) is 62.9 Å². The predicted octanol–water partition coefficient (Wildman–Crippen LogP) is 1.09. The summed E-state index contributed by atoms with van der Waals surface area (Å²) in [6.07, 6.45) is 4.77. The highest BCUT2D eigenvalue weighted by Gasteiger charge is 2.83. The van der Waals surface area contributed by atoms with Crippen LogP contribution in [0.4, 0.5) is 0 Å². The molecule has 2 heterocycles. The Kier molecular flexibility index (Phi) is 2.34. The van der Waals surface area contributed by atoms with Gasteiger partial charge in [-0.25, -0.2) is 0 Å². The first kappa shape index (κ1) is 12.6. The molecule has 0 amide bonds. The van der Waals surface area contributed by atoms with E-state index in [0.717, 1.165) is 6.42 Å². The fraction of sp³-hybridized carbons (Fsp3) is 1.00. The van der Waals surface area contributed by atoms with Gasteiger partial charge >= 0.3 is 0 Å². The van der Waals surface area contributed by atoms with Gasteiger partial charge in [-0.3, -0.25) is 0 Å². The molecule has 1 spiro atoms. The van der Waals surface area contributed by atoms with Crippen LogP contribution in [0.25, 0.3) is 0 Å². The molecule has 0 radical (unpaired) electrons. The van der Waals surface area contributed by atoms with Crippen LogP contribution in [0.2, 0.25) is 0 Å². The van der Waals surface area contributed by atoms with E-state index in [1.54, 1.807) is 0 Å². The van der Waals surface area contributed by atoms with Gasteiger partial charge in [0.1, 0.15) is 5.60 Å². The number of rotatable bonds is 1. The van der Waals surface area contributed by atoms with E-state index in [2.05, 4.69) is 13.8 Å². The zero-order chi connectivity index (χ0) is 13.5. The van der Waals surface area contributed by atoms with Crippen molar-refractivity contribution in [3.05, 3.63) is 0 Å². The fourth-order valence-electron chi connectivity index (χ4n) is 5.33. The van der Waals surface area contributed by atoms with E-state index >= 15 is 0 Å². The first-order valence-electron chi connectivity index (χ1n) is 7.61. The Labute approximate surface area is 114 Å². The summed E-state index contributed by atoms with van der Waals surface area (Å²) in [5.41, 5.74) is -1.70. The average molecular weight is 268 g/mol. The lowest BCUT2D eigenvalue weighted by atomic mass is 9.52. The molecule has 2 saturated carbocycles. The maximum absolute atomic E-state index is 10.7. The van der Waals surface area contributed by atoms with Gasteiger partial charge in [0, 0.05) is 5.41 Å². The average Bonchev–Trinajstić information content (AvgIpc) is 3.11. The molecule has 0 aromatic rings. The van der Waals surface area contributed by atoms with Crippen LogP contribution >= 0.6 is 0 Å². The van der Waals surface area contributed by atoms with E-state index in [9.17, 15) is 10.2 Å². The van der Waals surface area contributed by atoms with E-state index in [-0.39, 0.29) is 30.8 Å². The molecular weight excluding hydrogens is 244 g/mol. The van der Waals surface area contributed by atoms with Gasteiger partial charge in [0.15, 0.2) is 5.60 Å². The van der Waals surface area contributed by atoms with Crippen LogP contribution in [0.15, 0.2) is 0 Å². The Balaban J connectivity index is 1.75. The number of hydrogen-bond acceptors (Lipinski definition) is 4. The molecule has 4 rings (SSSR count). The summed E-state index contributed by atoms with van der Waals surface area (Å²) in [5.74, 6) is 1.24. The summed E-state index contributed by atoms with van der Waals surface area (Å²) in [6.45, 7) is 4.58. The van der Waals surface area contributed by atoms with E-state index < -0.39 is 11.2 Å². The number of hydrogen-bond donors (Lipinski definition) is 2. The van der Waals surface area contributed by atoms with Gasteiger partial charge < -0.3 is 19.7 Å². The third kappa shape index (κ3) is 1.21. The fourth-order valence-corrected chi connectivity index (χ4v) is 5.33. The molecular formula is C15H24O4. The highest BCUT2D eigenvalue weighted by molar-refractivity contribution is 5.30. The molecule has 0 bridgehead atoms. The normalized spacial score (nSPS) is 63.2. The zero-order valence-corrected chi connectivity index (χ0v) is 11.8. The van der Waals surface area contributed by atoms with E-state index in [4.69, 9.17) is 9.47 Å². The maximum Gasteiger partial charge on any atom is 0.154 e. The largest absolute Gasteiger partial charge is 0.393 e. The van der Waals surface area contributed by atoms with Gasteiger partial charge in [-0.15, -0.1) is 0 Å². The lowest BCUT2D eigenvalue weighted by molar-refractivity contribution is -0.0649. The number of epoxide rings is 1. The highest BCUT2D eigenvalue weighted by atomic mass is 16.7. The summed E-state index contributed by atoms with van der Waals surface area (Å²) in [4.78, 5) is 0. The highest BCUT2D eigenvalue weighted by Crippen LogP contribution is 2.69. The third-order valence-corrected chi connectivity index (χ3v) is 6.83. The summed E-state index contributed by atoms with van der Waals surface area (Å²) in [7, 11) is 0. The van der Waals surface area contributed by atoms with Crippen LogP contribution < -0.4 is 0 Å². The van der Waals surface area contributed by atoms with E-state index in [1.165, 1.54) is 19.3 Å². The van der Waals surface area contributed by atoms with Crippen molar-refractivity contribution >= 4 is 0 Å². The minimum Gasteiger partial charge on any atom is -0.393 e. The summed E-state index contributed by atoms with van der Waals surface area (Å²) >= 11 is 0. The summed E-state index contributed by atoms with van der Waals surface area (Å²) in [6, 6.07) is 0. The van der Waals surface area contributed by atoms with Gasteiger partial charge in [-0.1, -0.05) is 26.7 Å². The molecule has 4 fully saturated rings. The third-order valence-electron chi connectivity index (χ3n) is 6.83. The van der Waals surface area contributed by atoms with Crippen LogP contribution in [-0.2, 0) is 9.47 Å². The molecule has 108 valence electrons. The second kappa shape index (κ2) is 3.53. The number of fused-ring (bicyclic) bond motifs is 2. The van der Waals surface area contributed by atoms with Crippen molar-refractivity contribution in [2.24, 2.45) is 17.3 Å². The molecule has 4 nitrogen and oxygen atoms in total. The Hall–Kier alpha value is -0.160. The molecule has 19 heavy (non-hydrogen) atoms. The second-order valence-corrected chi connectivity index (χ2v) is 7.41. The van der Waals surface area contributed by atoms with Gasteiger partial charge in [0.2, 0.25) is 0 Å². The summed E-state index contributed by atoms with van der Waals surface area (Å²) in [5, 5.41) is 20.3. The van der Waals surface area contributed by atoms with Crippen molar-refractivity contribution in [1.82, 2.24) is 0 Å². The first-order chi connectivity index (χ1) is 8.99. The predicted molar refractivity (Wildman–Crippen MR) is 68.6 cm³/mol. The topological polar surface area (TPSA) is 62.2 Å². The molecule has 0 unspecified atom stereocenters. The second-order valence-electron chi connectivity index (χ2n) is 7.41. The molecule has 4 aliphatic rings. The quantitative estimate of drug-likeness (QED) is 0.699. The Morgan fingerprint density at radius 2 is 2.11 bits per heavy atom. The molecule has 4 heteroatoms. The van der Waals surface area contributed by atoms with Crippen molar-refractivity contribution in [3.63, 3.8) is 0 Å². The molecule has 2 aliphatic carbocycles. The standard InChI is InChI=1S/C15H24O4/c1-9-4-3-5-10-6-11-15(12(19-15)13(9,10)2)14(17,7-16)8-18-11/h9-12,16-17H,3-8H2,1-2H3/t9-,10+,11-,12-,13+,14+,15+/m0/s1. The summed E-state index contributed by atoms with van der Waals surface area (Å²) < 4.78 is 11.9. The lowest BCUT2D eigenvalue weighted by Crippen LogP contribution is -2.59. The Morgan fingerprint density at radius 3 is 2.84 bits per heavy atom. The zero-order valence-electron chi connectivity index (χ0n) is 11.8. The number of aliphatic hydroxyl groups excluding tert-OH is 1. The van der Waals surface area contributed by atoms with E-state index in [1.807, 2.05) is 0 Å². The number of ether oxygens (including phenoxy) is 2. The monoisotopic (exact) mass is 268 g/mol. The van der Waals surface area contributed by atoms with Crippen molar-refractivity contribution < 1.29 is 19.7 Å². The van der Waals surface area contributed by atoms with Crippen LogP contribution in [0.1, 0.15) is 39.5 Å². The van der Waals surface area contributed by atoms with Gasteiger partial charge in [-0.2, -0.15) is 0 Å². The minimum atomic E-state index is -1.20. The van der Waals surface area contributed by atoms with Crippen LogP contribution in [0.5, 0.6) is 0 Å². The van der Waals surface area contributed by atoms with Crippen LogP contribution in [-0.4, -0.2) is 46.8 Å². The smallest absolute Gasteiger partial charge is 0.154 e. The molecule has 0 aromatic heterocycles. The van der Waals surface area contributed by atoms with E-state index in [0.29, 0.717) is 11.8 Å². The van der Waals surface area contributed by atoms with Gasteiger partial charge in [-0.05, 0) is 24.7 Å². The molecule has 7 atom stereocenters. The molecule has 2 aliphatic heterocycles. The van der Waals surface area contributed by atoms with Crippen molar-refractivity contribution in [3.8, 4) is 0 Å². The Morgan fingerprint density at radius 1 is 1.32 bits per heavy atom. The molecule has 0 aromatic carbocycles. The molecule has 2 saturated heterocycles. The van der Waals surface area contributed by atoms with Crippen LogP contribution in [0, 0.1) is 17.3 Å². The Bertz CT molecular complexity index is 413. The number of aliphatic hydroxyl groups is 2. The lowest BCUT2D eigenvalue weighted by Gasteiger charge is -2.50. The van der Waals surface area contributed by atoms with Crippen molar-refractivity contribution in [2.75, 3.05) is 13.2 Å².